The summed E-state index contributed by atoms with van der Waals surface area (Å²) in [5.74, 6) is 0. The van der Waals surface area contributed by atoms with E-state index < -0.39 is 43.6 Å². The Hall–Kier alpha value is -1.17. The van der Waals surface area contributed by atoms with Gasteiger partial charge in [-0.15, -0.1) is 0 Å². The Morgan fingerprint density at radius 3 is 2.33 bits per heavy atom. The number of aliphatic hydroxyl groups excluding tert-OH is 3. The minimum absolute atomic E-state index is 0.165. The van der Waals surface area contributed by atoms with Gasteiger partial charge in [0.15, 0.2) is 0 Å². The number of rotatable bonds is 6. The van der Waals surface area contributed by atoms with Gasteiger partial charge in [-0.2, -0.15) is 0 Å². The zero-order valence-corrected chi connectivity index (χ0v) is 16.1. The van der Waals surface area contributed by atoms with Crippen molar-refractivity contribution in [3.63, 3.8) is 0 Å². The SMILES string of the molecule is CNC(=O)Nc1ccc(S[C@@H]2O[C@H](CCP(=O)(O)O)[C@@H](O)[C@H](O)[C@@H]2O)cc1. The first-order valence-electron chi connectivity index (χ1n) is 8.10. The van der Waals surface area contributed by atoms with Crippen molar-refractivity contribution in [1.29, 1.82) is 0 Å². The van der Waals surface area contributed by atoms with Crippen LogP contribution in [0.15, 0.2) is 29.2 Å². The molecule has 1 aliphatic heterocycles. The van der Waals surface area contributed by atoms with Gasteiger partial charge in [-0.05, 0) is 30.7 Å². The van der Waals surface area contributed by atoms with E-state index in [2.05, 4.69) is 10.6 Å². The monoisotopic (exact) mass is 422 g/mol. The van der Waals surface area contributed by atoms with Crippen molar-refractivity contribution in [3.05, 3.63) is 24.3 Å². The van der Waals surface area contributed by atoms with Gasteiger partial charge in [0.05, 0.1) is 12.3 Å². The van der Waals surface area contributed by atoms with E-state index in [1.807, 2.05) is 0 Å². The molecule has 2 amide bonds. The predicted molar refractivity (Wildman–Crippen MR) is 98.6 cm³/mol. The van der Waals surface area contributed by atoms with E-state index in [0.29, 0.717) is 10.6 Å². The molecule has 0 radical (unpaired) electrons. The minimum atomic E-state index is -4.28. The van der Waals surface area contributed by atoms with Crippen LogP contribution in [0, 0.1) is 0 Å². The number of hydrogen-bond donors (Lipinski definition) is 7. The number of hydrogen-bond acceptors (Lipinski definition) is 7. The van der Waals surface area contributed by atoms with Gasteiger partial charge in [-0.3, -0.25) is 4.57 Å². The Bertz CT molecular complexity index is 685. The molecule has 2 rings (SSSR count). The highest BCUT2D eigenvalue weighted by Gasteiger charge is 2.44. The molecule has 1 saturated heterocycles. The molecule has 10 nitrogen and oxygen atoms in total. The molecular weight excluding hydrogens is 399 g/mol. The number of aliphatic hydroxyl groups is 3. The molecule has 0 aromatic heterocycles. The summed E-state index contributed by atoms with van der Waals surface area (Å²) >= 11 is 1.08. The van der Waals surface area contributed by atoms with E-state index in [1.165, 1.54) is 7.05 Å². The maximum absolute atomic E-state index is 11.3. The number of carbonyl (C=O) groups is 1. The molecule has 1 fully saturated rings. The predicted octanol–water partition coefficient (Wildman–Crippen LogP) is -0.0946. The van der Waals surface area contributed by atoms with Crippen molar-refractivity contribution in [2.75, 3.05) is 18.5 Å². The van der Waals surface area contributed by atoms with Gasteiger partial charge < -0.3 is 40.5 Å². The first kappa shape index (κ1) is 22.1. The molecule has 7 N–H and O–H groups in total. The molecule has 1 aromatic carbocycles. The molecule has 1 aromatic rings. The largest absolute Gasteiger partial charge is 0.388 e. The fourth-order valence-electron chi connectivity index (χ4n) is 2.49. The Kier molecular flexibility index (Phi) is 7.66. The Balaban J connectivity index is 2.03. The minimum Gasteiger partial charge on any atom is -0.388 e. The molecule has 0 saturated carbocycles. The lowest BCUT2D eigenvalue weighted by molar-refractivity contribution is -0.197. The summed E-state index contributed by atoms with van der Waals surface area (Å²) in [7, 11) is -2.79. The van der Waals surface area contributed by atoms with Crippen LogP contribution in [0.5, 0.6) is 0 Å². The average molecular weight is 422 g/mol. The van der Waals surface area contributed by atoms with Crippen molar-refractivity contribution in [3.8, 4) is 0 Å². The standard InChI is InChI=1S/C15H23N2O8PS/c1-16-15(21)17-8-2-4-9(5-3-8)27-14-13(20)12(19)11(18)10(25-14)6-7-26(22,23)24/h2-5,10-14,18-20H,6-7H2,1H3,(H2,16,17,21)(H2,22,23,24)/t10-,11-,12+,13+,14+/m1/s1. The van der Waals surface area contributed by atoms with E-state index in [1.54, 1.807) is 24.3 Å². The summed E-state index contributed by atoms with van der Waals surface area (Å²) in [6.45, 7) is 0. The summed E-state index contributed by atoms with van der Waals surface area (Å²) < 4.78 is 16.6. The molecule has 12 heteroatoms. The third-order valence-electron chi connectivity index (χ3n) is 3.96. The normalized spacial score (nSPS) is 28.6. The molecule has 0 aliphatic carbocycles. The van der Waals surface area contributed by atoms with Crippen molar-refractivity contribution >= 4 is 31.1 Å². The van der Waals surface area contributed by atoms with Crippen LogP contribution in [-0.2, 0) is 9.30 Å². The van der Waals surface area contributed by atoms with Crippen molar-refractivity contribution in [2.24, 2.45) is 0 Å². The fourth-order valence-corrected chi connectivity index (χ4v) is 4.14. The third-order valence-corrected chi connectivity index (χ3v) is 5.97. The van der Waals surface area contributed by atoms with Crippen molar-refractivity contribution < 1.29 is 39.2 Å². The molecule has 152 valence electrons. The molecule has 1 heterocycles. The second-order valence-corrected chi connectivity index (χ2v) is 8.99. The van der Waals surface area contributed by atoms with Crippen molar-refractivity contribution in [2.45, 2.75) is 41.2 Å². The number of ether oxygens (including phenoxy) is 1. The van der Waals surface area contributed by atoms with E-state index in [4.69, 9.17) is 14.5 Å². The smallest absolute Gasteiger partial charge is 0.325 e. The quantitative estimate of drug-likeness (QED) is 0.310. The van der Waals surface area contributed by atoms with Crippen LogP contribution >= 0.6 is 19.4 Å². The molecule has 0 bridgehead atoms. The number of nitrogens with one attached hydrogen (secondary N) is 2. The van der Waals surface area contributed by atoms with Gasteiger partial charge in [0, 0.05) is 17.6 Å². The van der Waals surface area contributed by atoms with Gasteiger partial charge in [0.25, 0.3) is 0 Å². The van der Waals surface area contributed by atoms with Gasteiger partial charge in [-0.1, -0.05) is 11.8 Å². The van der Waals surface area contributed by atoms with Gasteiger partial charge in [0.1, 0.15) is 23.7 Å². The van der Waals surface area contributed by atoms with Crippen LogP contribution in [0.1, 0.15) is 6.42 Å². The topological polar surface area (TPSA) is 169 Å². The summed E-state index contributed by atoms with van der Waals surface area (Å²) in [4.78, 5) is 29.9. The number of anilines is 1. The van der Waals surface area contributed by atoms with Crippen LogP contribution in [-0.4, -0.2) is 74.2 Å². The van der Waals surface area contributed by atoms with E-state index >= 15 is 0 Å². The first-order chi connectivity index (χ1) is 12.6. The zero-order valence-electron chi connectivity index (χ0n) is 14.4. The number of amides is 2. The van der Waals surface area contributed by atoms with Gasteiger partial charge >= 0.3 is 13.6 Å². The lowest BCUT2D eigenvalue weighted by atomic mass is 9.98. The lowest BCUT2D eigenvalue weighted by Gasteiger charge is -2.40. The zero-order chi connectivity index (χ0) is 20.2. The maximum Gasteiger partial charge on any atom is 0.325 e. The molecule has 0 unspecified atom stereocenters. The van der Waals surface area contributed by atoms with E-state index in [-0.39, 0.29) is 12.5 Å². The van der Waals surface area contributed by atoms with Crippen molar-refractivity contribution in [1.82, 2.24) is 5.32 Å². The third kappa shape index (κ3) is 6.44. The lowest BCUT2D eigenvalue weighted by Crippen LogP contribution is -2.56. The summed E-state index contributed by atoms with van der Waals surface area (Å²) in [5.41, 5.74) is -0.387. The Morgan fingerprint density at radius 1 is 1.15 bits per heavy atom. The molecule has 27 heavy (non-hydrogen) atoms. The fraction of sp³-hybridized carbons (Fsp3) is 0.533. The Morgan fingerprint density at radius 2 is 1.78 bits per heavy atom. The van der Waals surface area contributed by atoms with Crippen LogP contribution in [0.25, 0.3) is 0 Å². The molecular formula is C15H23N2O8PS. The molecule has 1 aliphatic rings. The second kappa shape index (κ2) is 9.35. The summed E-state index contributed by atoms with van der Waals surface area (Å²) in [6.07, 6.45) is -6.05. The average Bonchev–Trinajstić information content (AvgIpc) is 2.61. The maximum atomic E-state index is 11.3. The van der Waals surface area contributed by atoms with Crippen LogP contribution in [0.3, 0.4) is 0 Å². The number of thioether (sulfide) groups is 1. The van der Waals surface area contributed by atoms with Crippen LogP contribution in [0.2, 0.25) is 0 Å². The summed E-state index contributed by atoms with van der Waals surface area (Å²) in [5, 5.41) is 35.2. The Labute approximate surface area is 160 Å². The van der Waals surface area contributed by atoms with E-state index in [9.17, 15) is 24.7 Å². The van der Waals surface area contributed by atoms with Crippen LogP contribution in [0.4, 0.5) is 10.5 Å². The van der Waals surface area contributed by atoms with Gasteiger partial charge in [0.2, 0.25) is 0 Å². The second-order valence-electron chi connectivity index (χ2n) is 6.04. The first-order valence-corrected chi connectivity index (χ1v) is 10.8. The highest BCUT2D eigenvalue weighted by molar-refractivity contribution is 7.99. The highest BCUT2D eigenvalue weighted by atomic mass is 32.2. The molecule has 0 spiro atoms. The molecule has 5 atom stereocenters. The highest BCUT2D eigenvalue weighted by Crippen LogP contribution is 2.39. The number of benzene rings is 1. The van der Waals surface area contributed by atoms with Gasteiger partial charge in [-0.25, -0.2) is 4.79 Å². The number of carbonyl (C=O) groups excluding carboxylic acids is 1. The summed E-state index contributed by atoms with van der Waals surface area (Å²) in [6, 6.07) is 6.26. The van der Waals surface area contributed by atoms with E-state index in [0.717, 1.165) is 11.8 Å². The van der Waals surface area contributed by atoms with Crippen LogP contribution < -0.4 is 10.6 Å². The number of urea groups is 1.